The van der Waals surface area contributed by atoms with E-state index in [9.17, 15) is 9.59 Å². The molecule has 0 radical (unpaired) electrons. The van der Waals surface area contributed by atoms with Gasteiger partial charge in [0.1, 0.15) is 0 Å². The van der Waals surface area contributed by atoms with Crippen LogP contribution in [0.2, 0.25) is 0 Å². The lowest BCUT2D eigenvalue weighted by molar-refractivity contribution is -0.145. The van der Waals surface area contributed by atoms with Crippen LogP contribution in [-0.2, 0) is 16.1 Å². The number of aromatic nitrogens is 1. The average molecular weight is 437 g/mol. The summed E-state index contributed by atoms with van der Waals surface area (Å²) in [7, 11) is 0. The number of fused-ring (bicyclic) bond motifs is 1. The number of nitrogens with one attached hydrogen (secondary N) is 1. The predicted octanol–water partition coefficient (Wildman–Crippen LogP) is 4.27. The van der Waals surface area contributed by atoms with Crippen LogP contribution in [-0.4, -0.2) is 42.2 Å². The third kappa shape index (κ3) is 5.03. The van der Waals surface area contributed by atoms with Crippen LogP contribution in [0.4, 0.5) is 16.3 Å². The van der Waals surface area contributed by atoms with Crippen LogP contribution in [0, 0.1) is 0 Å². The number of anilines is 2. The lowest BCUT2D eigenvalue weighted by Crippen LogP contribution is -2.57. The highest BCUT2D eigenvalue weighted by atomic mass is 16.5. The van der Waals surface area contributed by atoms with E-state index >= 15 is 0 Å². The minimum atomic E-state index is -0.537. The maximum absolute atomic E-state index is 13.5. The zero-order valence-corrected chi connectivity index (χ0v) is 18.8. The summed E-state index contributed by atoms with van der Waals surface area (Å²) in [4.78, 5) is 34.3. The third-order valence-corrected chi connectivity index (χ3v) is 6.38. The molecule has 7 heteroatoms. The van der Waals surface area contributed by atoms with Crippen molar-refractivity contribution in [3.05, 3.63) is 54.2 Å². The summed E-state index contributed by atoms with van der Waals surface area (Å²) >= 11 is 0. The number of ether oxygens (including phenoxy) is 1. The van der Waals surface area contributed by atoms with Gasteiger partial charge in [-0.3, -0.25) is 9.69 Å². The molecule has 7 nitrogen and oxygen atoms in total. The Morgan fingerprint density at radius 2 is 1.84 bits per heavy atom. The van der Waals surface area contributed by atoms with Crippen molar-refractivity contribution in [1.29, 1.82) is 0 Å². The number of benzene rings is 1. The monoisotopic (exact) mass is 436 g/mol. The van der Waals surface area contributed by atoms with E-state index in [1.165, 1.54) is 5.56 Å². The summed E-state index contributed by atoms with van der Waals surface area (Å²) in [6, 6.07) is 13.9. The molecule has 32 heavy (non-hydrogen) atoms. The number of pyridine rings is 1. The molecule has 2 aliphatic rings. The fourth-order valence-electron chi connectivity index (χ4n) is 4.82. The second-order valence-electron chi connectivity index (χ2n) is 8.66. The number of urea groups is 1. The van der Waals surface area contributed by atoms with E-state index in [2.05, 4.69) is 27.3 Å². The van der Waals surface area contributed by atoms with Crippen molar-refractivity contribution >= 4 is 23.5 Å². The molecule has 1 N–H and O–H groups in total. The first-order valence-corrected chi connectivity index (χ1v) is 11.6. The summed E-state index contributed by atoms with van der Waals surface area (Å²) in [6.45, 7) is 4.16. The molecule has 1 aromatic carbocycles. The zero-order chi connectivity index (χ0) is 22.4. The van der Waals surface area contributed by atoms with Crippen molar-refractivity contribution in [1.82, 2.24) is 10.3 Å². The minimum Gasteiger partial charge on any atom is -0.466 e. The third-order valence-electron chi connectivity index (χ3n) is 6.38. The Morgan fingerprint density at radius 3 is 2.59 bits per heavy atom. The molecule has 2 heterocycles. The van der Waals surface area contributed by atoms with Gasteiger partial charge in [0.05, 0.1) is 24.3 Å². The number of rotatable bonds is 6. The van der Waals surface area contributed by atoms with E-state index in [-0.39, 0.29) is 18.4 Å². The van der Waals surface area contributed by atoms with Crippen molar-refractivity contribution in [2.45, 2.75) is 57.5 Å². The second-order valence-corrected chi connectivity index (χ2v) is 8.66. The Bertz CT molecular complexity index is 928. The highest BCUT2D eigenvalue weighted by Gasteiger charge is 2.39. The standard InChI is InChI=1S/C25H32N4O3/c1-2-32-22(30)18-25(13-7-4-8-14-25)27-24(31)29-17-16-28(19-20-10-5-3-6-11-20)23-21(29)12-9-15-26-23/h3,5-6,9-12,15H,2,4,7-8,13-14,16-19H2,1H3,(H,27,31). The summed E-state index contributed by atoms with van der Waals surface area (Å²) in [5.41, 5.74) is 1.47. The summed E-state index contributed by atoms with van der Waals surface area (Å²) in [5.74, 6) is 0.560. The molecule has 0 atom stereocenters. The Morgan fingerprint density at radius 1 is 1.06 bits per heavy atom. The van der Waals surface area contributed by atoms with E-state index in [1.54, 1.807) is 11.1 Å². The number of esters is 1. The van der Waals surface area contributed by atoms with Gasteiger partial charge in [-0.15, -0.1) is 0 Å². The number of carbonyl (C=O) groups excluding carboxylic acids is 2. The Hall–Kier alpha value is -3.09. The van der Waals surface area contributed by atoms with Gasteiger partial charge < -0.3 is 15.0 Å². The number of nitrogens with zero attached hydrogens (tertiary/aromatic N) is 3. The molecule has 1 saturated carbocycles. The zero-order valence-electron chi connectivity index (χ0n) is 18.8. The quantitative estimate of drug-likeness (QED) is 0.685. The van der Waals surface area contributed by atoms with Gasteiger partial charge in [-0.05, 0) is 37.5 Å². The SMILES string of the molecule is CCOC(=O)CC1(NC(=O)N2CCN(Cc3ccccc3)c3ncccc32)CCCCC1. The van der Waals surface area contributed by atoms with Gasteiger partial charge in [-0.1, -0.05) is 49.6 Å². The molecule has 2 amide bonds. The minimum absolute atomic E-state index is 0.162. The molecule has 1 aliphatic carbocycles. The van der Waals surface area contributed by atoms with E-state index in [0.717, 1.165) is 50.2 Å². The molecular weight excluding hydrogens is 404 g/mol. The topological polar surface area (TPSA) is 74.8 Å². The molecule has 0 spiro atoms. The maximum Gasteiger partial charge on any atom is 0.322 e. The first kappa shape index (κ1) is 22.1. The molecule has 170 valence electrons. The van der Waals surface area contributed by atoms with Crippen LogP contribution in [0.5, 0.6) is 0 Å². The van der Waals surface area contributed by atoms with Crippen molar-refractivity contribution in [3.63, 3.8) is 0 Å². The van der Waals surface area contributed by atoms with Crippen LogP contribution < -0.4 is 15.1 Å². The predicted molar refractivity (Wildman–Crippen MR) is 125 cm³/mol. The molecule has 4 rings (SSSR count). The summed E-state index contributed by atoms with van der Waals surface area (Å²) in [5, 5.41) is 3.24. The van der Waals surface area contributed by atoms with Crippen molar-refractivity contribution < 1.29 is 14.3 Å². The number of carbonyl (C=O) groups is 2. The highest BCUT2D eigenvalue weighted by molar-refractivity contribution is 5.96. The number of hydrogen-bond donors (Lipinski definition) is 1. The van der Waals surface area contributed by atoms with Crippen LogP contribution in [0.1, 0.15) is 51.0 Å². The van der Waals surface area contributed by atoms with Gasteiger partial charge in [0.15, 0.2) is 5.82 Å². The fraction of sp³-hybridized carbons (Fsp3) is 0.480. The van der Waals surface area contributed by atoms with Gasteiger partial charge in [0, 0.05) is 25.8 Å². The highest BCUT2D eigenvalue weighted by Crippen LogP contribution is 2.35. The van der Waals surface area contributed by atoms with Gasteiger partial charge in [-0.25, -0.2) is 9.78 Å². The molecule has 0 unspecified atom stereocenters. The number of amides is 2. The van der Waals surface area contributed by atoms with E-state index in [4.69, 9.17) is 4.74 Å². The van der Waals surface area contributed by atoms with Crippen LogP contribution >= 0.6 is 0 Å². The lowest BCUT2D eigenvalue weighted by Gasteiger charge is -2.41. The molecular formula is C25H32N4O3. The normalized spacial score (nSPS) is 17.4. The molecule has 2 aromatic rings. The Labute approximate surface area is 189 Å². The van der Waals surface area contributed by atoms with Gasteiger partial charge in [-0.2, -0.15) is 0 Å². The maximum atomic E-state index is 13.5. The Kier molecular flexibility index (Phi) is 6.93. The smallest absolute Gasteiger partial charge is 0.322 e. The van der Waals surface area contributed by atoms with Crippen molar-refractivity contribution in [2.75, 3.05) is 29.5 Å². The van der Waals surface area contributed by atoms with Gasteiger partial charge >= 0.3 is 12.0 Å². The molecule has 0 saturated heterocycles. The fourth-order valence-corrected chi connectivity index (χ4v) is 4.82. The average Bonchev–Trinajstić information content (AvgIpc) is 2.80. The summed E-state index contributed by atoms with van der Waals surface area (Å²) in [6.07, 6.45) is 6.72. The van der Waals surface area contributed by atoms with Crippen LogP contribution in [0.3, 0.4) is 0 Å². The molecule has 1 aliphatic heterocycles. The second kappa shape index (κ2) is 10.0. The Balaban J connectivity index is 1.52. The van der Waals surface area contributed by atoms with Gasteiger partial charge in [0.25, 0.3) is 0 Å². The summed E-state index contributed by atoms with van der Waals surface area (Å²) < 4.78 is 5.20. The van der Waals surface area contributed by atoms with Crippen molar-refractivity contribution in [3.8, 4) is 0 Å². The first-order valence-electron chi connectivity index (χ1n) is 11.6. The number of hydrogen-bond acceptors (Lipinski definition) is 5. The van der Waals surface area contributed by atoms with E-state index in [1.807, 2.05) is 37.3 Å². The van der Waals surface area contributed by atoms with E-state index < -0.39 is 5.54 Å². The van der Waals surface area contributed by atoms with Crippen LogP contribution in [0.25, 0.3) is 0 Å². The first-order chi connectivity index (χ1) is 15.6. The van der Waals surface area contributed by atoms with Crippen molar-refractivity contribution in [2.24, 2.45) is 0 Å². The van der Waals surface area contributed by atoms with Gasteiger partial charge in [0.2, 0.25) is 0 Å². The molecule has 1 fully saturated rings. The lowest BCUT2D eigenvalue weighted by atomic mass is 9.79. The molecule has 1 aromatic heterocycles. The van der Waals surface area contributed by atoms with Crippen LogP contribution in [0.15, 0.2) is 48.7 Å². The molecule has 0 bridgehead atoms. The van der Waals surface area contributed by atoms with E-state index in [0.29, 0.717) is 19.7 Å². The largest absolute Gasteiger partial charge is 0.466 e.